The van der Waals surface area contributed by atoms with Crippen molar-refractivity contribution < 1.29 is 14.3 Å². The number of benzene rings is 1. The molecule has 2 fully saturated rings. The van der Waals surface area contributed by atoms with E-state index in [4.69, 9.17) is 4.74 Å². The lowest BCUT2D eigenvalue weighted by molar-refractivity contribution is -0.120. The first-order valence-corrected chi connectivity index (χ1v) is 6.51. The lowest BCUT2D eigenvalue weighted by Gasteiger charge is -2.26. The van der Waals surface area contributed by atoms with Gasteiger partial charge in [-0.25, -0.2) is 9.69 Å². The maximum Gasteiger partial charge on any atom is 0.332 e. The molecule has 5 heteroatoms. The molecule has 0 aliphatic carbocycles. The molecule has 0 N–H and O–H groups in total. The molecule has 0 aromatic heterocycles. The summed E-state index contributed by atoms with van der Waals surface area (Å²) >= 11 is 0. The fourth-order valence-corrected chi connectivity index (χ4v) is 2.83. The molecule has 19 heavy (non-hydrogen) atoms. The number of para-hydroxylation sites is 2. The third-order valence-corrected chi connectivity index (χ3v) is 3.77. The Morgan fingerprint density at radius 2 is 2.00 bits per heavy atom. The predicted octanol–water partition coefficient (Wildman–Crippen LogP) is 2.02. The number of piperidine rings is 1. The molecule has 1 atom stereocenters. The molecule has 3 rings (SSSR count). The molecule has 1 aromatic carbocycles. The molecule has 2 heterocycles. The van der Waals surface area contributed by atoms with Gasteiger partial charge in [0.15, 0.2) is 0 Å². The summed E-state index contributed by atoms with van der Waals surface area (Å²) in [6.07, 6.45) is 2.73. The van der Waals surface area contributed by atoms with Gasteiger partial charge < -0.3 is 9.64 Å². The molecule has 1 unspecified atom stereocenters. The Kier molecular flexibility index (Phi) is 2.89. The highest BCUT2D eigenvalue weighted by molar-refractivity contribution is 6.22. The van der Waals surface area contributed by atoms with Crippen molar-refractivity contribution in [2.45, 2.75) is 25.3 Å². The van der Waals surface area contributed by atoms with Gasteiger partial charge in [0.2, 0.25) is 0 Å². The molecule has 1 aromatic rings. The van der Waals surface area contributed by atoms with E-state index >= 15 is 0 Å². The van der Waals surface area contributed by atoms with Crippen molar-refractivity contribution in [3.8, 4) is 5.75 Å². The predicted molar refractivity (Wildman–Crippen MR) is 70.2 cm³/mol. The number of rotatable bonds is 2. The zero-order valence-electron chi connectivity index (χ0n) is 10.8. The van der Waals surface area contributed by atoms with E-state index in [1.165, 1.54) is 12.0 Å². The Balaban J connectivity index is 2.00. The number of hydrogen-bond acceptors (Lipinski definition) is 3. The van der Waals surface area contributed by atoms with Crippen LogP contribution in [0.25, 0.3) is 0 Å². The number of methoxy groups -OCH3 is 1. The first-order valence-electron chi connectivity index (χ1n) is 6.51. The molecule has 3 amide bonds. The number of ether oxygens (including phenoxy) is 1. The first kappa shape index (κ1) is 12.0. The van der Waals surface area contributed by atoms with E-state index in [-0.39, 0.29) is 18.0 Å². The second-order valence-corrected chi connectivity index (χ2v) is 4.83. The largest absolute Gasteiger partial charge is 0.495 e. The van der Waals surface area contributed by atoms with E-state index in [9.17, 15) is 9.59 Å². The molecule has 2 aliphatic heterocycles. The van der Waals surface area contributed by atoms with E-state index < -0.39 is 0 Å². The van der Waals surface area contributed by atoms with Crippen molar-refractivity contribution in [3.63, 3.8) is 0 Å². The highest BCUT2D eigenvalue weighted by atomic mass is 16.5. The number of urea groups is 1. The molecule has 5 nitrogen and oxygen atoms in total. The number of amides is 3. The SMILES string of the molecule is COc1ccccc1N1C(=O)C2CCCCN2C1=O. The Labute approximate surface area is 111 Å². The van der Waals surface area contributed by atoms with E-state index in [0.717, 1.165) is 19.3 Å². The van der Waals surface area contributed by atoms with Crippen LogP contribution in [0.4, 0.5) is 10.5 Å². The zero-order valence-corrected chi connectivity index (χ0v) is 10.8. The molecule has 0 spiro atoms. The standard InChI is InChI=1S/C14H16N2O3/c1-19-12-8-3-2-6-10(12)16-13(17)11-7-4-5-9-15(11)14(16)18/h2-3,6,8,11H,4-5,7,9H2,1H3. The van der Waals surface area contributed by atoms with E-state index in [2.05, 4.69) is 0 Å². The summed E-state index contributed by atoms with van der Waals surface area (Å²) in [5.41, 5.74) is 0.536. The van der Waals surface area contributed by atoms with E-state index in [1.807, 2.05) is 6.07 Å². The first-order chi connectivity index (χ1) is 9.24. The summed E-state index contributed by atoms with van der Waals surface area (Å²) < 4.78 is 5.24. The fourth-order valence-electron chi connectivity index (χ4n) is 2.83. The minimum atomic E-state index is -0.286. The van der Waals surface area contributed by atoms with Crippen LogP contribution in [0.5, 0.6) is 5.75 Å². The summed E-state index contributed by atoms with van der Waals surface area (Å²) in [4.78, 5) is 27.8. The van der Waals surface area contributed by atoms with Crippen molar-refractivity contribution in [2.24, 2.45) is 0 Å². The van der Waals surface area contributed by atoms with Gasteiger partial charge in [0.05, 0.1) is 12.8 Å². The molecule has 0 bridgehead atoms. The van der Waals surface area contributed by atoms with Gasteiger partial charge in [-0.05, 0) is 31.4 Å². The van der Waals surface area contributed by atoms with Gasteiger partial charge in [-0.15, -0.1) is 0 Å². The van der Waals surface area contributed by atoms with Crippen LogP contribution in [0.3, 0.4) is 0 Å². The van der Waals surface area contributed by atoms with Crippen LogP contribution < -0.4 is 9.64 Å². The van der Waals surface area contributed by atoms with Gasteiger partial charge in [0.1, 0.15) is 11.8 Å². The minimum Gasteiger partial charge on any atom is -0.495 e. The molecular weight excluding hydrogens is 244 g/mol. The molecule has 0 saturated carbocycles. The molecule has 100 valence electrons. The van der Waals surface area contributed by atoms with Crippen LogP contribution in [0.2, 0.25) is 0 Å². The van der Waals surface area contributed by atoms with E-state index in [0.29, 0.717) is 18.0 Å². The number of hydrogen-bond donors (Lipinski definition) is 0. The van der Waals surface area contributed by atoms with Crippen LogP contribution in [0, 0.1) is 0 Å². The van der Waals surface area contributed by atoms with Gasteiger partial charge >= 0.3 is 6.03 Å². The third kappa shape index (κ3) is 1.77. The van der Waals surface area contributed by atoms with Gasteiger partial charge in [-0.2, -0.15) is 0 Å². The number of anilines is 1. The van der Waals surface area contributed by atoms with Crippen LogP contribution in [-0.2, 0) is 4.79 Å². The summed E-state index contributed by atoms with van der Waals surface area (Å²) in [5.74, 6) is 0.415. The van der Waals surface area contributed by atoms with Gasteiger partial charge in [-0.1, -0.05) is 12.1 Å². The monoisotopic (exact) mass is 260 g/mol. The number of carbonyl (C=O) groups excluding carboxylic acids is 2. The van der Waals surface area contributed by atoms with Gasteiger partial charge in [0, 0.05) is 6.54 Å². The Morgan fingerprint density at radius 1 is 1.21 bits per heavy atom. The smallest absolute Gasteiger partial charge is 0.332 e. The molecule has 2 aliphatic rings. The van der Waals surface area contributed by atoms with Crippen molar-refractivity contribution in [1.82, 2.24) is 4.90 Å². The Bertz CT molecular complexity index is 505. The van der Waals surface area contributed by atoms with Crippen molar-refractivity contribution in [1.29, 1.82) is 0 Å². The number of fused-ring (bicyclic) bond motifs is 1. The third-order valence-electron chi connectivity index (χ3n) is 3.77. The lowest BCUT2D eigenvalue weighted by Crippen LogP contribution is -2.39. The minimum absolute atomic E-state index is 0.130. The van der Waals surface area contributed by atoms with E-state index in [1.54, 1.807) is 23.1 Å². The van der Waals surface area contributed by atoms with Crippen molar-refractivity contribution in [3.05, 3.63) is 24.3 Å². The topological polar surface area (TPSA) is 49.9 Å². The second kappa shape index (κ2) is 4.57. The highest BCUT2D eigenvalue weighted by Gasteiger charge is 2.47. The van der Waals surface area contributed by atoms with Crippen molar-refractivity contribution >= 4 is 17.6 Å². The average Bonchev–Trinajstić information content (AvgIpc) is 2.71. The molecule has 0 radical (unpaired) electrons. The number of carbonyl (C=O) groups is 2. The second-order valence-electron chi connectivity index (χ2n) is 4.83. The van der Waals surface area contributed by atoms with Gasteiger partial charge in [0.25, 0.3) is 5.91 Å². The highest BCUT2D eigenvalue weighted by Crippen LogP contribution is 2.35. The fraction of sp³-hybridized carbons (Fsp3) is 0.429. The zero-order chi connectivity index (χ0) is 13.4. The molecular formula is C14H16N2O3. The Morgan fingerprint density at radius 3 is 2.74 bits per heavy atom. The summed E-state index contributed by atoms with van der Waals surface area (Å²) in [6, 6.07) is 6.61. The maximum atomic E-state index is 12.4. The number of imide groups is 1. The summed E-state index contributed by atoms with van der Waals surface area (Å²) in [7, 11) is 1.54. The average molecular weight is 260 g/mol. The van der Waals surface area contributed by atoms with Gasteiger partial charge in [-0.3, -0.25) is 4.79 Å². The summed E-state index contributed by atoms with van der Waals surface area (Å²) in [6.45, 7) is 0.668. The van der Waals surface area contributed by atoms with Crippen LogP contribution >= 0.6 is 0 Å². The van der Waals surface area contributed by atoms with Crippen molar-refractivity contribution in [2.75, 3.05) is 18.6 Å². The maximum absolute atomic E-state index is 12.4. The lowest BCUT2D eigenvalue weighted by atomic mass is 10.0. The number of nitrogens with zero attached hydrogens (tertiary/aromatic N) is 2. The van der Waals surface area contributed by atoms with Crippen LogP contribution in [0.15, 0.2) is 24.3 Å². The Hall–Kier alpha value is -2.04. The summed E-state index contributed by atoms with van der Waals surface area (Å²) in [5, 5.41) is 0. The normalized spacial score (nSPS) is 22.7. The molecule has 2 saturated heterocycles. The van der Waals surface area contributed by atoms with Crippen LogP contribution in [0.1, 0.15) is 19.3 Å². The quantitative estimate of drug-likeness (QED) is 0.764. The van der Waals surface area contributed by atoms with Crippen LogP contribution in [-0.4, -0.2) is 36.5 Å².